The first-order valence-electron chi connectivity index (χ1n) is 10.6. The average Bonchev–Trinajstić information content (AvgIpc) is 2.72. The molecule has 0 saturated carbocycles. The number of benzene rings is 2. The van der Waals surface area contributed by atoms with Gasteiger partial charge in [0.2, 0.25) is 11.8 Å². The van der Waals surface area contributed by atoms with Crippen molar-refractivity contribution in [2.75, 3.05) is 24.5 Å². The summed E-state index contributed by atoms with van der Waals surface area (Å²) in [6.45, 7) is 7.69. The maximum absolute atomic E-state index is 13.5. The zero-order valence-corrected chi connectivity index (χ0v) is 19.7. The second-order valence-corrected chi connectivity index (χ2v) is 10.7. The number of fused-ring (bicyclic) bond motifs is 2. The van der Waals surface area contributed by atoms with E-state index < -0.39 is 0 Å². The number of anilines is 2. The lowest BCUT2D eigenvalue weighted by Crippen LogP contribution is -2.49. The summed E-state index contributed by atoms with van der Waals surface area (Å²) in [5, 5.41) is 3.77. The number of para-hydroxylation sites is 1. The summed E-state index contributed by atoms with van der Waals surface area (Å²) in [5.41, 5.74) is 1.36. The summed E-state index contributed by atoms with van der Waals surface area (Å²) in [6.07, 6.45) is 1.70. The van der Waals surface area contributed by atoms with Crippen molar-refractivity contribution in [2.45, 2.75) is 49.4 Å². The minimum atomic E-state index is -0.387. The van der Waals surface area contributed by atoms with Gasteiger partial charge in [-0.3, -0.25) is 19.4 Å². The molecule has 4 rings (SSSR count). The lowest BCUT2D eigenvalue weighted by molar-refractivity contribution is -0.129. The van der Waals surface area contributed by atoms with Crippen molar-refractivity contribution in [3.63, 3.8) is 0 Å². The molecular weight excluding hydrogens is 430 g/mol. The highest BCUT2D eigenvalue weighted by atomic mass is 35.5. The summed E-state index contributed by atoms with van der Waals surface area (Å²) in [6, 6.07) is 13.9. The molecular formula is C24H28ClN3O2S. The maximum Gasteiger partial charge on any atom is 0.245 e. The van der Waals surface area contributed by atoms with Gasteiger partial charge < -0.3 is 5.32 Å². The summed E-state index contributed by atoms with van der Waals surface area (Å²) in [5.74, 6) is 0.117. The van der Waals surface area contributed by atoms with Crippen molar-refractivity contribution in [3.8, 4) is 0 Å². The number of nitrogens with zero attached hydrogens (tertiary/aromatic N) is 2. The van der Waals surface area contributed by atoms with E-state index >= 15 is 0 Å². The number of carbonyl (C=O) groups is 2. The van der Waals surface area contributed by atoms with Crippen LogP contribution in [0.4, 0.5) is 11.4 Å². The number of nitrogens with one attached hydrogen (secondary N) is 1. The van der Waals surface area contributed by atoms with Gasteiger partial charge in [0, 0.05) is 39.4 Å². The fraction of sp³-hybridized carbons (Fsp3) is 0.417. The number of hydrogen-bond acceptors (Lipinski definition) is 4. The number of piperidine rings is 1. The van der Waals surface area contributed by atoms with E-state index in [9.17, 15) is 9.59 Å². The van der Waals surface area contributed by atoms with Gasteiger partial charge in [0.1, 0.15) is 0 Å². The Hall–Kier alpha value is -2.02. The van der Waals surface area contributed by atoms with Crippen molar-refractivity contribution in [3.05, 3.63) is 47.5 Å². The Labute approximate surface area is 193 Å². The largest absolute Gasteiger partial charge is 0.353 e. The van der Waals surface area contributed by atoms with Gasteiger partial charge >= 0.3 is 0 Å². The molecule has 1 N–H and O–H groups in total. The van der Waals surface area contributed by atoms with Crippen molar-refractivity contribution in [2.24, 2.45) is 5.41 Å². The fourth-order valence-electron chi connectivity index (χ4n) is 3.90. The SMILES string of the molecule is CC(C)(C)C(=O)NC1CCN(CC(=O)N2c3ccccc3Sc3ccc(Cl)cc32)CC1. The Morgan fingerprint density at radius 3 is 2.45 bits per heavy atom. The summed E-state index contributed by atoms with van der Waals surface area (Å²) < 4.78 is 0. The van der Waals surface area contributed by atoms with Crippen LogP contribution < -0.4 is 10.2 Å². The summed E-state index contributed by atoms with van der Waals surface area (Å²) in [7, 11) is 0. The number of rotatable bonds is 3. The molecule has 5 nitrogen and oxygen atoms in total. The quantitative estimate of drug-likeness (QED) is 0.697. The van der Waals surface area contributed by atoms with E-state index in [0.717, 1.165) is 47.1 Å². The van der Waals surface area contributed by atoms with Crippen LogP contribution in [0.5, 0.6) is 0 Å². The van der Waals surface area contributed by atoms with Crippen LogP contribution in [0.1, 0.15) is 33.6 Å². The molecule has 2 aliphatic rings. The fourth-order valence-corrected chi connectivity index (χ4v) is 5.10. The minimum Gasteiger partial charge on any atom is -0.353 e. The molecule has 1 saturated heterocycles. The van der Waals surface area contributed by atoms with Crippen molar-refractivity contribution in [1.82, 2.24) is 10.2 Å². The summed E-state index contributed by atoms with van der Waals surface area (Å²) in [4.78, 5) is 31.8. The molecule has 0 radical (unpaired) electrons. The number of likely N-dealkylation sites (tertiary alicyclic amines) is 1. The van der Waals surface area contributed by atoms with E-state index in [-0.39, 0.29) is 23.3 Å². The Balaban J connectivity index is 1.45. The highest BCUT2D eigenvalue weighted by Gasteiger charge is 2.31. The first kappa shape index (κ1) is 22.2. The van der Waals surface area contributed by atoms with Gasteiger partial charge in [-0.25, -0.2) is 0 Å². The normalized spacial score (nSPS) is 17.1. The molecule has 2 heterocycles. The number of carbonyl (C=O) groups excluding carboxylic acids is 2. The Morgan fingerprint density at radius 2 is 1.74 bits per heavy atom. The monoisotopic (exact) mass is 457 g/mol. The van der Waals surface area contributed by atoms with Gasteiger partial charge in [0.25, 0.3) is 0 Å². The third kappa shape index (κ3) is 4.92. The van der Waals surface area contributed by atoms with E-state index in [1.807, 2.05) is 63.2 Å². The van der Waals surface area contributed by atoms with Crippen molar-refractivity contribution >= 4 is 46.6 Å². The van der Waals surface area contributed by atoms with E-state index in [2.05, 4.69) is 10.2 Å². The third-order valence-corrected chi connectivity index (χ3v) is 7.07. The van der Waals surface area contributed by atoms with Gasteiger partial charge in [-0.2, -0.15) is 0 Å². The molecule has 1 fully saturated rings. The Bertz CT molecular complexity index is 997. The van der Waals surface area contributed by atoms with Gasteiger partial charge in [-0.05, 0) is 43.2 Å². The second-order valence-electron chi connectivity index (χ2n) is 9.18. The average molecular weight is 458 g/mol. The topological polar surface area (TPSA) is 52.7 Å². The highest BCUT2D eigenvalue weighted by molar-refractivity contribution is 7.99. The predicted octanol–water partition coefficient (Wildman–Crippen LogP) is 5.10. The number of amides is 2. The van der Waals surface area contributed by atoms with E-state index in [1.54, 1.807) is 16.7 Å². The predicted molar refractivity (Wildman–Crippen MR) is 126 cm³/mol. The first-order chi connectivity index (χ1) is 14.7. The van der Waals surface area contributed by atoms with Gasteiger partial charge in [0.05, 0.1) is 17.9 Å². The molecule has 0 atom stereocenters. The lowest BCUT2D eigenvalue weighted by atomic mass is 9.94. The van der Waals surface area contributed by atoms with Crippen molar-refractivity contribution in [1.29, 1.82) is 0 Å². The van der Waals surface area contributed by atoms with Gasteiger partial charge in [0.15, 0.2) is 0 Å². The third-order valence-electron chi connectivity index (χ3n) is 5.70. The Kier molecular flexibility index (Phi) is 6.33. The van der Waals surface area contributed by atoms with Crippen LogP contribution in [0.2, 0.25) is 5.02 Å². The van der Waals surface area contributed by atoms with Gasteiger partial charge in [-0.15, -0.1) is 0 Å². The lowest BCUT2D eigenvalue weighted by Gasteiger charge is -2.36. The molecule has 31 heavy (non-hydrogen) atoms. The van der Waals surface area contributed by atoms with E-state index in [4.69, 9.17) is 11.6 Å². The van der Waals surface area contributed by atoms with Crippen LogP contribution in [0.15, 0.2) is 52.3 Å². The molecule has 0 aromatic heterocycles. The molecule has 164 valence electrons. The van der Waals surface area contributed by atoms with Crippen LogP contribution in [0, 0.1) is 5.41 Å². The molecule has 2 aliphatic heterocycles. The smallest absolute Gasteiger partial charge is 0.245 e. The highest BCUT2D eigenvalue weighted by Crippen LogP contribution is 2.48. The van der Waals surface area contributed by atoms with Crippen LogP contribution in [-0.4, -0.2) is 42.4 Å². The molecule has 2 aromatic rings. The standard InChI is InChI=1S/C24H28ClN3O2S/c1-24(2,3)23(30)26-17-10-12-27(13-11-17)15-22(29)28-18-6-4-5-7-20(18)31-21-9-8-16(25)14-19(21)28/h4-9,14,17H,10-13,15H2,1-3H3,(H,26,30). The summed E-state index contributed by atoms with van der Waals surface area (Å²) >= 11 is 7.92. The van der Waals surface area contributed by atoms with Crippen LogP contribution >= 0.6 is 23.4 Å². The molecule has 0 spiro atoms. The van der Waals surface area contributed by atoms with E-state index in [0.29, 0.717) is 11.6 Å². The zero-order chi connectivity index (χ0) is 22.2. The zero-order valence-electron chi connectivity index (χ0n) is 18.2. The molecule has 7 heteroatoms. The second kappa shape index (κ2) is 8.85. The van der Waals surface area contributed by atoms with Crippen LogP contribution in [0.25, 0.3) is 0 Å². The number of halogens is 1. The Morgan fingerprint density at radius 1 is 1.06 bits per heavy atom. The molecule has 0 unspecified atom stereocenters. The van der Waals surface area contributed by atoms with Gasteiger partial charge in [-0.1, -0.05) is 56.3 Å². The first-order valence-corrected chi connectivity index (χ1v) is 11.8. The maximum atomic E-state index is 13.5. The number of hydrogen-bond donors (Lipinski definition) is 1. The van der Waals surface area contributed by atoms with E-state index in [1.165, 1.54) is 0 Å². The molecule has 2 aromatic carbocycles. The molecule has 0 aliphatic carbocycles. The minimum absolute atomic E-state index is 0.0356. The van der Waals surface area contributed by atoms with Crippen molar-refractivity contribution < 1.29 is 9.59 Å². The van der Waals surface area contributed by atoms with Crippen LogP contribution in [0.3, 0.4) is 0 Å². The molecule has 2 amide bonds. The van der Waals surface area contributed by atoms with Crippen LogP contribution in [-0.2, 0) is 9.59 Å². The molecule has 0 bridgehead atoms.